The van der Waals surface area contributed by atoms with E-state index in [0.29, 0.717) is 12.1 Å². The molecular formula is C18H26IN5OS. The molecular weight excluding hydrogens is 461 g/mol. The number of aryl methyl sites for hydroxylation is 1. The van der Waals surface area contributed by atoms with E-state index in [2.05, 4.69) is 38.2 Å². The predicted octanol–water partition coefficient (Wildman–Crippen LogP) is 2.59. The average Bonchev–Trinajstić information content (AvgIpc) is 3.12. The SMILES string of the molecule is CCc1nc(CNC(=NC)NCCc2cccc(C(=O)NC)c2)cs1.I. The fraction of sp³-hybridized carbons (Fsp3) is 0.389. The smallest absolute Gasteiger partial charge is 0.251 e. The first-order valence-electron chi connectivity index (χ1n) is 8.35. The van der Waals surface area contributed by atoms with Gasteiger partial charge in [-0.2, -0.15) is 0 Å². The zero-order chi connectivity index (χ0) is 18.1. The number of nitrogens with zero attached hydrogens (tertiary/aromatic N) is 2. The van der Waals surface area contributed by atoms with Gasteiger partial charge in [0.1, 0.15) is 0 Å². The van der Waals surface area contributed by atoms with Crippen molar-refractivity contribution in [2.24, 2.45) is 4.99 Å². The van der Waals surface area contributed by atoms with Crippen LogP contribution >= 0.6 is 35.3 Å². The van der Waals surface area contributed by atoms with E-state index in [4.69, 9.17) is 0 Å². The molecule has 0 fully saturated rings. The first kappa shape index (κ1) is 22.4. The van der Waals surface area contributed by atoms with E-state index in [-0.39, 0.29) is 29.9 Å². The molecule has 2 aromatic rings. The lowest BCUT2D eigenvalue weighted by Crippen LogP contribution is -2.37. The summed E-state index contributed by atoms with van der Waals surface area (Å²) < 4.78 is 0. The van der Waals surface area contributed by atoms with Crippen molar-refractivity contribution in [1.29, 1.82) is 0 Å². The van der Waals surface area contributed by atoms with Gasteiger partial charge in [-0.1, -0.05) is 19.1 Å². The average molecular weight is 487 g/mol. The molecule has 2 rings (SSSR count). The lowest BCUT2D eigenvalue weighted by molar-refractivity contribution is 0.0963. The molecule has 1 aromatic heterocycles. The van der Waals surface area contributed by atoms with E-state index in [1.165, 1.54) is 0 Å². The summed E-state index contributed by atoms with van der Waals surface area (Å²) in [4.78, 5) is 20.4. The van der Waals surface area contributed by atoms with E-state index >= 15 is 0 Å². The molecule has 0 saturated carbocycles. The van der Waals surface area contributed by atoms with Gasteiger partial charge in [0, 0.05) is 31.6 Å². The second kappa shape index (κ2) is 11.8. The summed E-state index contributed by atoms with van der Waals surface area (Å²) in [5.74, 6) is 0.676. The first-order chi connectivity index (χ1) is 12.2. The third-order valence-corrected chi connectivity index (χ3v) is 4.73. The van der Waals surface area contributed by atoms with Crippen molar-refractivity contribution in [3.8, 4) is 0 Å². The molecule has 0 spiro atoms. The Balaban J connectivity index is 0.00000338. The number of rotatable bonds is 7. The quantitative estimate of drug-likeness (QED) is 0.319. The summed E-state index contributed by atoms with van der Waals surface area (Å²) in [6, 6.07) is 7.65. The van der Waals surface area contributed by atoms with Crippen molar-refractivity contribution in [3.05, 3.63) is 51.5 Å². The van der Waals surface area contributed by atoms with Crippen molar-refractivity contribution < 1.29 is 4.79 Å². The number of thiazole rings is 1. The van der Waals surface area contributed by atoms with Gasteiger partial charge in [0.15, 0.2) is 5.96 Å². The Hall–Kier alpha value is -1.68. The highest BCUT2D eigenvalue weighted by molar-refractivity contribution is 14.0. The van der Waals surface area contributed by atoms with Crippen molar-refractivity contribution in [2.45, 2.75) is 26.3 Å². The lowest BCUT2D eigenvalue weighted by Gasteiger charge is -2.11. The van der Waals surface area contributed by atoms with Gasteiger partial charge in [-0.3, -0.25) is 9.79 Å². The van der Waals surface area contributed by atoms with Gasteiger partial charge >= 0.3 is 0 Å². The van der Waals surface area contributed by atoms with Gasteiger partial charge in [0.05, 0.1) is 17.2 Å². The second-order valence-corrected chi connectivity index (χ2v) is 6.41. The zero-order valence-electron chi connectivity index (χ0n) is 15.3. The number of benzene rings is 1. The fourth-order valence-electron chi connectivity index (χ4n) is 2.33. The van der Waals surface area contributed by atoms with Gasteiger partial charge < -0.3 is 16.0 Å². The van der Waals surface area contributed by atoms with Crippen molar-refractivity contribution in [1.82, 2.24) is 20.9 Å². The van der Waals surface area contributed by atoms with Crippen LogP contribution in [-0.4, -0.2) is 37.5 Å². The summed E-state index contributed by atoms with van der Waals surface area (Å²) >= 11 is 1.69. The number of carbonyl (C=O) groups is 1. The summed E-state index contributed by atoms with van der Waals surface area (Å²) in [6.07, 6.45) is 1.77. The number of nitrogens with one attached hydrogen (secondary N) is 3. The highest BCUT2D eigenvalue weighted by Gasteiger charge is 2.05. The number of hydrogen-bond acceptors (Lipinski definition) is 4. The molecule has 0 aliphatic rings. The van der Waals surface area contributed by atoms with E-state index in [1.54, 1.807) is 25.4 Å². The summed E-state index contributed by atoms with van der Waals surface area (Å²) in [7, 11) is 3.39. The van der Waals surface area contributed by atoms with E-state index < -0.39 is 0 Å². The Morgan fingerprint density at radius 3 is 2.77 bits per heavy atom. The van der Waals surface area contributed by atoms with Crippen molar-refractivity contribution in [2.75, 3.05) is 20.6 Å². The monoisotopic (exact) mass is 487 g/mol. The van der Waals surface area contributed by atoms with Crippen LogP contribution in [0, 0.1) is 0 Å². The Morgan fingerprint density at radius 2 is 2.12 bits per heavy atom. The van der Waals surface area contributed by atoms with Gasteiger partial charge in [-0.15, -0.1) is 35.3 Å². The molecule has 0 saturated heterocycles. The minimum atomic E-state index is -0.0676. The molecule has 0 atom stereocenters. The topological polar surface area (TPSA) is 78.4 Å². The van der Waals surface area contributed by atoms with Crippen LogP contribution in [0.1, 0.15) is 33.5 Å². The molecule has 0 radical (unpaired) electrons. The summed E-state index contributed by atoms with van der Waals surface area (Å²) in [5.41, 5.74) is 2.82. The minimum absolute atomic E-state index is 0. The maximum atomic E-state index is 11.7. The number of halogens is 1. The van der Waals surface area contributed by atoms with Crippen molar-refractivity contribution >= 4 is 47.2 Å². The molecule has 0 bridgehead atoms. The van der Waals surface area contributed by atoms with Crippen LogP contribution in [-0.2, 0) is 19.4 Å². The van der Waals surface area contributed by atoms with Crippen LogP contribution in [0.4, 0.5) is 0 Å². The van der Waals surface area contributed by atoms with Gasteiger partial charge in [0.2, 0.25) is 0 Å². The standard InChI is InChI=1S/C18H25N5OS.HI/c1-4-16-23-15(12-25-16)11-22-18(20-3)21-9-8-13-6-5-7-14(10-13)17(24)19-2;/h5-7,10,12H,4,8-9,11H2,1-3H3,(H,19,24)(H2,20,21,22);1H. The molecule has 3 N–H and O–H groups in total. The van der Waals surface area contributed by atoms with E-state index in [0.717, 1.165) is 41.6 Å². The van der Waals surface area contributed by atoms with Gasteiger partial charge in [-0.05, 0) is 30.5 Å². The Kier molecular flexibility index (Phi) is 10.2. The zero-order valence-corrected chi connectivity index (χ0v) is 18.5. The molecule has 142 valence electrons. The maximum absolute atomic E-state index is 11.7. The first-order valence-corrected chi connectivity index (χ1v) is 9.23. The Labute approximate surface area is 175 Å². The number of aliphatic imine (C=N–C) groups is 1. The largest absolute Gasteiger partial charge is 0.356 e. The fourth-order valence-corrected chi connectivity index (χ4v) is 3.07. The third kappa shape index (κ3) is 6.91. The Morgan fingerprint density at radius 1 is 1.31 bits per heavy atom. The molecule has 26 heavy (non-hydrogen) atoms. The molecule has 1 amide bonds. The number of hydrogen-bond donors (Lipinski definition) is 3. The van der Waals surface area contributed by atoms with Gasteiger partial charge in [-0.25, -0.2) is 4.98 Å². The van der Waals surface area contributed by atoms with Crippen LogP contribution in [0.25, 0.3) is 0 Å². The van der Waals surface area contributed by atoms with Crippen molar-refractivity contribution in [3.63, 3.8) is 0 Å². The molecule has 8 heteroatoms. The third-order valence-electron chi connectivity index (χ3n) is 3.68. The molecule has 0 unspecified atom stereocenters. The molecule has 6 nitrogen and oxygen atoms in total. The summed E-state index contributed by atoms with van der Waals surface area (Å²) in [5, 5.41) is 12.4. The molecule has 0 aliphatic heterocycles. The minimum Gasteiger partial charge on any atom is -0.356 e. The highest BCUT2D eigenvalue weighted by atomic mass is 127. The second-order valence-electron chi connectivity index (χ2n) is 5.47. The van der Waals surface area contributed by atoms with Crippen LogP contribution in [0.5, 0.6) is 0 Å². The number of aromatic nitrogens is 1. The van der Waals surface area contributed by atoms with Crippen LogP contribution in [0.15, 0.2) is 34.6 Å². The molecule has 1 aromatic carbocycles. The summed E-state index contributed by atoms with van der Waals surface area (Å²) in [6.45, 7) is 3.49. The van der Waals surface area contributed by atoms with Gasteiger partial charge in [0.25, 0.3) is 5.91 Å². The Bertz CT molecular complexity index is 732. The predicted molar refractivity (Wildman–Crippen MR) is 119 cm³/mol. The number of amides is 1. The van der Waals surface area contributed by atoms with E-state index in [1.807, 2.05) is 24.3 Å². The number of carbonyl (C=O) groups excluding carboxylic acids is 1. The highest BCUT2D eigenvalue weighted by Crippen LogP contribution is 2.09. The number of guanidine groups is 1. The molecule has 0 aliphatic carbocycles. The van der Waals surface area contributed by atoms with Crippen LogP contribution in [0.2, 0.25) is 0 Å². The lowest BCUT2D eigenvalue weighted by atomic mass is 10.1. The normalized spacial score (nSPS) is 10.8. The van der Waals surface area contributed by atoms with Crippen LogP contribution < -0.4 is 16.0 Å². The maximum Gasteiger partial charge on any atom is 0.251 e. The van der Waals surface area contributed by atoms with E-state index in [9.17, 15) is 4.79 Å². The van der Waals surface area contributed by atoms with Crippen LogP contribution in [0.3, 0.4) is 0 Å². The molecule has 1 heterocycles.